The minimum absolute atomic E-state index is 0.196. The van der Waals surface area contributed by atoms with Gasteiger partial charge in [-0.15, -0.1) is 0 Å². The van der Waals surface area contributed by atoms with E-state index in [9.17, 15) is 14.3 Å². The Kier molecular flexibility index (Phi) is 3.11. The Balaban J connectivity index is 1.96. The first-order chi connectivity index (χ1) is 11.1. The fourth-order valence-corrected chi connectivity index (χ4v) is 2.95. The number of nitrogens with zero attached hydrogens (tertiary/aromatic N) is 1. The van der Waals surface area contributed by atoms with Crippen LogP contribution in [0.25, 0.3) is 21.9 Å². The zero-order valence-electron chi connectivity index (χ0n) is 12.3. The number of carboxylic acids is 1. The molecule has 1 heterocycles. The number of hydrogen-bond acceptors (Lipinski definition) is 2. The molecular weight excluding hydrogens is 293 g/mol. The van der Waals surface area contributed by atoms with Gasteiger partial charge in [-0.1, -0.05) is 24.3 Å². The van der Waals surface area contributed by atoms with E-state index in [1.54, 1.807) is 30.5 Å². The molecule has 1 fully saturated rings. The molecule has 0 radical (unpaired) electrons. The molecular formula is C19H14FNO2. The van der Waals surface area contributed by atoms with Crippen molar-refractivity contribution < 1.29 is 14.3 Å². The molecule has 0 spiro atoms. The molecule has 0 saturated heterocycles. The van der Waals surface area contributed by atoms with Crippen molar-refractivity contribution in [3.05, 3.63) is 65.7 Å². The van der Waals surface area contributed by atoms with Crippen LogP contribution in [0.3, 0.4) is 0 Å². The molecule has 1 aromatic heterocycles. The minimum atomic E-state index is -0.990. The number of hydrogen-bond donors (Lipinski definition) is 1. The van der Waals surface area contributed by atoms with E-state index in [2.05, 4.69) is 4.98 Å². The van der Waals surface area contributed by atoms with Gasteiger partial charge in [-0.3, -0.25) is 4.98 Å². The number of fused-ring (bicyclic) bond motifs is 1. The third-order valence-corrected chi connectivity index (χ3v) is 4.30. The maximum absolute atomic E-state index is 14.9. The lowest BCUT2D eigenvalue weighted by Gasteiger charge is -2.11. The minimum Gasteiger partial charge on any atom is -0.478 e. The van der Waals surface area contributed by atoms with Gasteiger partial charge in [-0.2, -0.15) is 0 Å². The van der Waals surface area contributed by atoms with E-state index in [-0.39, 0.29) is 17.3 Å². The first kappa shape index (κ1) is 13.9. The second-order valence-corrected chi connectivity index (χ2v) is 5.88. The largest absolute Gasteiger partial charge is 0.478 e. The number of aromatic carboxylic acids is 1. The topological polar surface area (TPSA) is 50.2 Å². The average molecular weight is 307 g/mol. The molecule has 1 aliphatic rings. The summed E-state index contributed by atoms with van der Waals surface area (Å²) < 4.78 is 14.9. The van der Waals surface area contributed by atoms with Crippen molar-refractivity contribution in [1.82, 2.24) is 4.98 Å². The lowest BCUT2D eigenvalue weighted by atomic mass is 9.96. The van der Waals surface area contributed by atoms with Gasteiger partial charge >= 0.3 is 5.97 Å². The van der Waals surface area contributed by atoms with Gasteiger partial charge < -0.3 is 5.11 Å². The number of pyridine rings is 1. The summed E-state index contributed by atoms with van der Waals surface area (Å²) in [5, 5.41) is 10.8. The van der Waals surface area contributed by atoms with E-state index in [0.29, 0.717) is 16.8 Å². The smallest absolute Gasteiger partial charge is 0.335 e. The predicted molar refractivity (Wildman–Crippen MR) is 86.1 cm³/mol. The zero-order valence-corrected chi connectivity index (χ0v) is 12.3. The fraction of sp³-hybridized carbons (Fsp3) is 0.158. The average Bonchev–Trinajstić information content (AvgIpc) is 3.39. The van der Waals surface area contributed by atoms with E-state index in [1.807, 2.05) is 18.2 Å². The van der Waals surface area contributed by atoms with Crippen molar-refractivity contribution in [3.63, 3.8) is 0 Å². The molecule has 3 aromatic rings. The third-order valence-electron chi connectivity index (χ3n) is 4.30. The highest BCUT2D eigenvalue weighted by molar-refractivity contribution is 6.01. The molecule has 1 N–H and O–H groups in total. The molecule has 23 heavy (non-hydrogen) atoms. The summed E-state index contributed by atoms with van der Waals surface area (Å²) in [6, 6.07) is 12.1. The summed E-state index contributed by atoms with van der Waals surface area (Å²) in [7, 11) is 0. The van der Waals surface area contributed by atoms with Crippen LogP contribution in [0, 0.1) is 5.82 Å². The second-order valence-electron chi connectivity index (χ2n) is 5.88. The lowest BCUT2D eigenvalue weighted by Crippen LogP contribution is -1.98. The molecule has 1 aliphatic carbocycles. The van der Waals surface area contributed by atoms with Crippen molar-refractivity contribution in [2.45, 2.75) is 18.8 Å². The predicted octanol–water partition coefficient (Wildman–Crippen LogP) is 4.62. The molecule has 0 aliphatic heterocycles. The summed E-state index contributed by atoms with van der Waals surface area (Å²) in [6.07, 6.45) is 3.59. The van der Waals surface area contributed by atoms with Crippen molar-refractivity contribution in [2.24, 2.45) is 0 Å². The van der Waals surface area contributed by atoms with E-state index >= 15 is 0 Å². The van der Waals surface area contributed by atoms with Crippen LogP contribution in [0.5, 0.6) is 0 Å². The van der Waals surface area contributed by atoms with Crippen LogP contribution in [0.1, 0.15) is 34.8 Å². The van der Waals surface area contributed by atoms with Gasteiger partial charge in [0, 0.05) is 17.7 Å². The van der Waals surface area contributed by atoms with Crippen LogP contribution < -0.4 is 0 Å². The Labute approximate surface area is 132 Å². The number of carboxylic acid groups (broad SMARTS) is 1. The van der Waals surface area contributed by atoms with Gasteiger partial charge in [0.2, 0.25) is 0 Å². The van der Waals surface area contributed by atoms with Crippen LogP contribution in [0.15, 0.2) is 48.7 Å². The van der Waals surface area contributed by atoms with Crippen molar-refractivity contribution in [3.8, 4) is 11.1 Å². The summed E-state index contributed by atoms with van der Waals surface area (Å²) in [4.78, 5) is 15.4. The molecule has 2 aromatic carbocycles. The maximum atomic E-state index is 14.9. The molecule has 1 saturated carbocycles. The Morgan fingerprint density at radius 2 is 1.96 bits per heavy atom. The monoisotopic (exact) mass is 307 g/mol. The van der Waals surface area contributed by atoms with Crippen LogP contribution >= 0.6 is 0 Å². The van der Waals surface area contributed by atoms with Gasteiger partial charge in [0.1, 0.15) is 0 Å². The summed E-state index contributed by atoms with van der Waals surface area (Å²) in [6.45, 7) is 0. The molecule has 0 amide bonds. The molecule has 114 valence electrons. The molecule has 4 rings (SSSR count). The number of benzene rings is 2. The van der Waals surface area contributed by atoms with E-state index in [0.717, 1.165) is 23.6 Å². The molecule has 4 heteroatoms. The number of carbonyl (C=O) groups is 1. The van der Waals surface area contributed by atoms with Gasteiger partial charge in [0.05, 0.1) is 11.3 Å². The Bertz CT molecular complexity index is 932. The Morgan fingerprint density at radius 1 is 1.13 bits per heavy atom. The van der Waals surface area contributed by atoms with E-state index in [4.69, 9.17) is 0 Å². The van der Waals surface area contributed by atoms with Gasteiger partial charge in [-0.25, -0.2) is 9.18 Å². The van der Waals surface area contributed by atoms with E-state index < -0.39 is 5.97 Å². The summed E-state index contributed by atoms with van der Waals surface area (Å²) in [5.74, 6) is -1.06. The normalized spacial score (nSPS) is 14.1. The number of halogens is 1. The zero-order chi connectivity index (χ0) is 16.0. The standard InChI is InChI=1S/C19H14FNO2/c20-17-15(8-9-21-18(17)12-5-6-12)14-3-1-2-11-4-7-13(19(22)23)10-16(11)14/h1-4,7-10,12H,5-6H2,(H,22,23). The van der Waals surface area contributed by atoms with Crippen molar-refractivity contribution in [1.29, 1.82) is 0 Å². The van der Waals surface area contributed by atoms with Crippen molar-refractivity contribution in [2.75, 3.05) is 0 Å². The van der Waals surface area contributed by atoms with Crippen LogP contribution in [0.4, 0.5) is 4.39 Å². The second kappa shape index (κ2) is 5.16. The van der Waals surface area contributed by atoms with E-state index in [1.165, 1.54) is 0 Å². The fourth-order valence-electron chi connectivity index (χ4n) is 2.95. The van der Waals surface area contributed by atoms with Gasteiger partial charge in [-0.05, 0) is 47.4 Å². The number of rotatable bonds is 3. The van der Waals surface area contributed by atoms with Gasteiger partial charge in [0.25, 0.3) is 0 Å². The van der Waals surface area contributed by atoms with Crippen LogP contribution in [-0.4, -0.2) is 16.1 Å². The summed E-state index contributed by atoms with van der Waals surface area (Å²) in [5.41, 5.74) is 1.90. The third kappa shape index (κ3) is 2.36. The highest BCUT2D eigenvalue weighted by Gasteiger charge is 2.29. The number of aromatic nitrogens is 1. The molecule has 0 unspecified atom stereocenters. The first-order valence-electron chi connectivity index (χ1n) is 7.56. The van der Waals surface area contributed by atoms with Crippen LogP contribution in [-0.2, 0) is 0 Å². The Hall–Kier alpha value is -2.75. The summed E-state index contributed by atoms with van der Waals surface area (Å²) >= 11 is 0. The maximum Gasteiger partial charge on any atom is 0.335 e. The molecule has 3 nitrogen and oxygen atoms in total. The molecule has 0 bridgehead atoms. The SMILES string of the molecule is O=C(O)c1ccc2cccc(-c3ccnc(C4CC4)c3F)c2c1. The van der Waals surface area contributed by atoms with Crippen molar-refractivity contribution >= 4 is 16.7 Å². The highest BCUT2D eigenvalue weighted by atomic mass is 19.1. The highest BCUT2D eigenvalue weighted by Crippen LogP contribution is 2.42. The first-order valence-corrected chi connectivity index (χ1v) is 7.56. The molecule has 0 atom stereocenters. The quantitative estimate of drug-likeness (QED) is 0.768. The van der Waals surface area contributed by atoms with Gasteiger partial charge in [0.15, 0.2) is 5.82 Å². The van der Waals surface area contributed by atoms with Crippen LogP contribution in [0.2, 0.25) is 0 Å². The lowest BCUT2D eigenvalue weighted by molar-refractivity contribution is 0.0697. The Morgan fingerprint density at radius 3 is 2.70 bits per heavy atom.